The molecule has 2 aliphatic heterocycles. The van der Waals surface area contributed by atoms with E-state index in [1.807, 2.05) is 18.2 Å². The van der Waals surface area contributed by atoms with Crippen LogP contribution < -0.4 is 9.80 Å². The summed E-state index contributed by atoms with van der Waals surface area (Å²) in [7, 11) is 0. The van der Waals surface area contributed by atoms with Gasteiger partial charge in [0.25, 0.3) is 0 Å². The van der Waals surface area contributed by atoms with E-state index in [9.17, 15) is 0 Å². The number of morpholine rings is 1. The SMILES string of the molecule is CCCN1c2cc(F)c(C=Nc3ccc(N4CCOCC4)cc3)cc2C(C)=CC1(C)C. The predicted octanol–water partition coefficient (Wildman–Crippen LogP) is 5.82. The van der Waals surface area contributed by atoms with Crippen LogP contribution in [0.15, 0.2) is 47.5 Å². The molecule has 4 rings (SSSR count). The summed E-state index contributed by atoms with van der Waals surface area (Å²) in [6.07, 6.45) is 4.92. The van der Waals surface area contributed by atoms with Crippen molar-refractivity contribution in [3.63, 3.8) is 0 Å². The lowest BCUT2D eigenvalue weighted by atomic mass is 9.87. The largest absolute Gasteiger partial charge is 0.378 e. The fourth-order valence-corrected chi connectivity index (χ4v) is 4.56. The predicted molar refractivity (Wildman–Crippen MR) is 128 cm³/mol. The molecule has 0 aliphatic carbocycles. The number of rotatable bonds is 5. The van der Waals surface area contributed by atoms with Crippen LogP contribution in [0.4, 0.5) is 21.5 Å². The molecule has 2 aromatic carbocycles. The molecule has 0 amide bonds. The van der Waals surface area contributed by atoms with Crippen molar-refractivity contribution < 1.29 is 9.13 Å². The number of ether oxygens (including phenoxy) is 1. The summed E-state index contributed by atoms with van der Waals surface area (Å²) in [6.45, 7) is 12.9. The van der Waals surface area contributed by atoms with Crippen LogP contribution >= 0.6 is 0 Å². The lowest BCUT2D eigenvalue weighted by Gasteiger charge is -2.43. The van der Waals surface area contributed by atoms with Gasteiger partial charge in [0.2, 0.25) is 0 Å². The molecular weight excluding hydrogens is 389 g/mol. The van der Waals surface area contributed by atoms with Gasteiger partial charge in [-0.15, -0.1) is 0 Å². The third-order valence-corrected chi connectivity index (χ3v) is 6.12. The van der Waals surface area contributed by atoms with Gasteiger partial charge >= 0.3 is 0 Å². The Balaban J connectivity index is 1.58. The van der Waals surface area contributed by atoms with Crippen molar-refractivity contribution in [3.8, 4) is 0 Å². The van der Waals surface area contributed by atoms with Gasteiger partial charge in [-0.3, -0.25) is 4.99 Å². The van der Waals surface area contributed by atoms with Gasteiger partial charge in [-0.1, -0.05) is 13.0 Å². The standard InChI is InChI=1S/C26H32FN3O/c1-5-10-30-25-16-24(27)20(15-23(25)19(2)17-26(30,3)4)18-28-21-6-8-22(9-7-21)29-11-13-31-14-12-29/h6-9,15-18H,5,10-14H2,1-4H3. The molecule has 0 N–H and O–H groups in total. The van der Waals surface area contributed by atoms with Gasteiger partial charge in [-0.2, -0.15) is 0 Å². The highest BCUT2D eigenvalue weighted by Gasteiger charge is 2.31. The van der Waals surface area contributed by atoms with Gasteiger partial charge in [0.1, 0.15) is 5.82 Å². The van der Waals surface area contributed by atoms with E-state index in [2.05, 4.69) is 60.7 Å². The fraction of sp³-hybridized carbons (Fsp3) is 0.423. The van der Waals surface area contributed by atoms with Crippen molar-refractivity contribution in [2.24, 2.45) is 4.99 Å². The van der Waals surface area contributed by atoms with Gasteiger partial charge in [0, 0.05) is 48.4 Å². The minimum Gasteiger partial charge on any atom is -0.378 e. The Morgan fingerprint density at radius 2 is 1.84 bits per heavy atom. The molecule has 0 aromatic heterocycles. The molecule has 1 fully saturated rings. The number of fused-ring (bicyclic) bond motifs is 1. The molecule has 0 spiro atoms. The number of aliphatic imine (C=N–C) groups is 1. The fourth-order valence-electron chi connectivity index (χ4n) is 4.56. The van der Waals surface area contributed by atoms with Crippen molar-refractivity contribution in [2.45, 2.75) is 39.7 Å². The second kappa shape index (κ2) is 8.83. The average molecular weight is 422 g/mol. The topological polar surface area (TPSA) is 28.1 Å². The maximum atomic E-state index is 15.0. The molecule has 31 heavy (non-hydrogen) atoms. The molecule has 2 aliphatic rings. The number of benzene rings is 2. The smallest absolute Gasteiger partial charge is 0.134 e. The molecule has 2 aromatic rings. The Kier molecular flexibility index (Phi) is 6.15. The van der Waals surface area contributed by atoms with E-state index in [0.717, 1.165) is 56.2 Å². The van der Waals surface area contributed by atoms with Crippen LogP contribution in [-0.4, -0.2) is 44.6 Å². The maximum absolute atomic E-state index is 15.0. The van der Waals surface area contributed by atoms with Crippen molar-refractivity contribution in [1.82, 2.24) is 0 Å². The van der Waals surface area contributed by atoms with Crippen LogP contribution in [0.25, 0.3) is 5.57 Å². The summed E-state index contributed by atoms with van der Waals surface area (Å²) in [5.74, 6) is -0.237. The highest BCUT2D eigenvalue weighted by atomic mass is 19.1. The highest BCUT2D eigenvalue weighted by molar-refractivity contribution is 5.89. The number of hydrogen-bond acceptors (Lipinski definition) is 4. The zero-order valence-corrected chi connectivity index (χ0v) is 19.0. The number of hydrogen-bond donors (Lipinski definition) is 0. The summed E-state index contributed by atoms with van der Waals surface area (Å²) >= 11 is 0. The van der Waals surface area contributed by atoms with E-state index in [-0.39, 0.29) is 11.4 Å². The van der Waals surface area contributed by atoms with Crippen LogP contribution in [0.1, 0.15) is 45.2 Å². The Labute approximate surface area is 185 Å². The van der Waals surface area contributed by atoms with Gasteiger partial charge in [0.05, 0.1) is 24.4 Å². The van der Waals surface area contributed by atoms with Crippen molar-refractivity contribution in [2.75, 3.05) is 42.6 Å². The molecule has 1 saturated heterocycles. The van der Waals surface area contributed by atoms with Crippen LogP contribution in [-0.2, 0) is 4.74 Å². The summed E-state index contributed by atoms with van der Waals surface area (Å²) in [4.78, 5) is 9.14. The van der Waals surface area contributed by atoms with Crippen molar-refractivity contribution >= 4 is 28.8 Å². The summed E-state index contributed by atoms with van der Waals surface area (Å²) in [5, 5.41) is 0. The molecule has 0 atom stereocenters. The number of halogens is 1. The van der Waals surface area contributed by atoms with Gasteiger partial charge in [0.15, 0.2) is 0 Å². The van der Waals surface area contributed by atoms with E-state index < -0.39 is 0 Å². The molecule has 164 valence electrons. The third-order valence-electron chi connectivity index (χ3n) is 6.12. The lowest BCUT2D eigenvalue weighted by molar-refractivity contribution is 0.122. The molecule has 4 nitrogen and oxygen atoms in total. The molecule has 2 heterocycles. The van der Waals surface area contributed by atoms with Crippen LogP contribution in [0, 0.1) is 5.82 Å². The first-order valence-corrected chi connectivity index (χ1v) is 11.2. The zero-order chi connectivity index (χ0) is 22.0. The van der Waals surface area contributed by atoms with Gasteiger partial charge in [-0.05, 0) is 69.2 Å². The monoisotopic (exact) mass is 421 g/mol. The maximum Gasteiger partial charge on any atom is 0.134 e. The zero-order valence-electron chi connectivity index (χ0n) is 19.0. The van der Waals surface area contributed by atoms with E-state index >= 15 is 4.39 Å². The molecule has 0 radical (unpaired) electrons. The average Bonchev–Trinajstić information content (AvgIpc) is 2.76. The first-order chi connectivity index (χ1) is 14.9. The molecule has 0 bridgehead atoms. The Morgan fingerprint density at radius 1 is 1.13 bits per heavy atom. The Bertz CT molecular complexity index is 988. The Hall–Kier alpha value is -2.66. The second-order valence-corrected chi connectivity index (χ2v) is 8.90. The van der Waals surface area contributed by atoms with Gasteiger partial charge in [-0.25, -0.2) is 4.39 Å². The van der Waals surface area contributed by atoms with E-state index in [0.29, 0.717) is 5.56 Å². The number of anilines is 2. The van der Waals surface area contributed by atoms with Gasteiger partial charge < -0.3 is 14.5 Å². The second-order valence-electron chi connectivity index (χ2n) is 8.90. The minimum absolute atomic E-state index is 0.128. The lowest BCUT2D eigenvalue weighted by Crippen LogP contribution is -2.45. The quantitative estimate of drug-likeness (QED) is 0.569. The van der Waals surface area contributed by atoms with E-state index in [1.165, 1.54) is 11.3 Å². The normalized spacial score (nSPS) is 18.3. The molecule has 0 unspecified atom stereocenters. The highest BCUT2D eigenvalue weighted by Crippen LogP contribution is 2.40. The third kappa shape index (κ3) is 4.52. The molecular formula is C26H32FN3O. The van der Waals surface area contributed by atoms with Crippen LogP contribution in [0.3, 0.4) is 0 Å². The van der Waals surface area contributed by atoms with E-state index in [4.69, 9.17) is 4.74 Å². The minimum atomic E-state index is -0.237. The Morgan fingerprint density at radius 3 is 2.52 bits per heavy atom. The van der Waals surface area contributed by atoms with E-state index in [1.54, 1.807) is 12.3 Å². The molecule has 0 saturated carbocycles. The van der Waals surface area contributed by atoms with Crippen molar-refractivity contribution in [3.05, 3.63) is 59.4 Å². The summed E-state index contributed by atoms with van der Waals surface area (Å²) in [5.41, 5.74) is 5.60. The summed E-state index contributed by atoms with van der Waals surface area (Å²) < 4.78 is 20.4. The van der Waals surface area contributed by atoms with Crippen LogP contribution in [0.5, 0.6) is 0 Å². The first kappa shape index (κ1) is 21.6. The van der Waals surface area contributed by atoms with Crippen LogP contribution in [0.2, 0.25) is 0 Å². The summed E-state index contributed by atoms with van der Waals surface area (Å²) in [6, 6.07) is 11.7. The molecule has 5 heteroatoms. The van der Waals surface area contributed by atoms with Crippen molar-refractivity contribution in [1.29, 1.82) is 0 Å². The number of nitrogens with zero attached hydrogens (tertiary/aromatic N) is 3. The number of allylic oxidation sites excluding steroid dienone is 1. The first-order valence-electron chi connectivity index (χ1n) is 11.2.